The monoisotopic (exact) mass is 266 g/mol. The third kappa shape index (κ3) is 5.72. The number of rotatable bonds is 7. The van der Waals surface area contributed by atoms with Gasteiger partial charge in [0.05, 0.1) is 0 Å². The highest BCUT2D eigenvalue weighted by Crippen LogP contribution is 2.12. The van der Waals surface area contributed by atoms with Crippen LogP contribution in [0.25, 0.3) is 0 Å². The molecule has 0 aliphatic rings. The first-order valence-corrected chi connectivity index (χ1v) is 6.39. The Kier molecular flexibility index (Phi) is 6.32. The van der Waals surface area contributed by atoms with Gasteiger partial charge in [0.15, 0.2) is 0 Å². The normalized spacial score (nSPS) is 12.3. The summed E-state index contributed by atoms with van der Waals surface area (Å²) in [6.07, 6.45) is -0.555. The summed E-state index contributed by atoms with van der Waals surface area (Å²) < 4.78 is 5.45. The summed E-state index contributed by atoms with van der Waals surface area (Å²) in [6, 6.07) is 7.14. The zero-order chi connectivity index (χ0) is 14.3. The molecular weight excluding hydrogens is 244 g/mol. The highest BCUT2D eigenvalue weighted by Gasteiger charge is 2.07. The molecule has 5 nitrogen and oxygen atoms in total. The highest BCUT2D eigenvalue weighted by molar-refractivity contribution is 5.94. The zero-order valence-electron chi connectivity index (χ0n) is 11.6. The molecular formula is C14H22N2O3. The number of benzene rings is 1. The molecule has 1 unspecified atom stereocenters. The van der Waals surface area contributed by atoms with Crippen LogP contribution < -0.4 is 15.4 Å². The number of ether oxygens (including phenoxy) is 1. The van der Waals surface area contributed by atoms with E-state index in [0.29, 0.717) is 23.9 Å². The van der Waals surface area contributed by atoms with E-state index < -0.39 is 6.10 Å². The van der Waals surface area contributed by atoms with Crippen LogP contribution in [0, 0.1) is 0 Å². The number of amides is 1. The SMILES string of the molecule is CNC(=O)c1ccc(OCC(O)CNC(C)C)cc1. The molecule has 106 valence electrons. The average Bonchev–Trinajstić information content (AvgIpc) is 2.42. The van der Waals surface area contributed by atoms with E-state index in [2.05, 4.69) is 10.6 Å². The quantitative estimate of drug-likeness (QED) is 0.682. The maximum atomic E-state index is 11.3. The van der Waals surface area contributed by atoms with Gasteiger partial charge in [0.2, 0.25) is 0 Å². The van der Waals surface area contributed by atoms with Gasteiger partial charge in [-0.2, -0.15) is 0 Å². The van der Waals surface area contributed by atoms with Gasteiger partial charge in [0, 0.05) is 25.2 Å². The van der Waals surface area contributed by atoms with Crippen LogP contribution in [0.4, 0.5) is 0 Å². The molecule has 3 N–H and O–H groups in total. The molecule has 0 saturated heterocycles. The van der Waals surface area contributed by atoms with Gasteiger partial charge < -0.3 is 20.5 Å². The average molecular weight is 266 g/mol. The Bertz CT molecular complexity index is 390. The van der Waals surface area contributed by atoms with Crippen molar-refractivity contribution >= 4 is 5.91 Å². The van der Waals surface area contributed by atoms with Crippen molar-refractivity contribution < 1.29 is 14.6 Å². The van der Waals surface area contributed by atoms with E-state index in [1.54, 1.807) is 31.3 Å². The summed E-state index contributed by atoms with van der Waals surface area (Å²) >= 11 is 0. The first-order chi connectivity index (χ1) is 9.02. The number of hydrogen-bond acceptors (Lipinski definition) is 4. The molecule has 0 aromatic heterocycles. The molecule has 0 heterocycles. The number of nitrogens with one attached hydrogen (secondary N) is 2. The van der Waals surface area contributed by atoms with Crippen molar-refractivity contribution in [3.05, 3.63) is 29.8 Å². The third-order valence-corrected chi connectivity index (χ3v) is 2.55. The molecule has 0 fully saturated rings. The smallest absolute Gasteiger partial charge is 0.251 e. The van der Waals surface area contributed by atoms with Crippen molar-refractivity contribution in [3.8, 4) is 5.75 Å². The predicted molar refractivity (Wildman–Crippen MR) is 74.5 cm³/mol. The van der Waals surface area contributed by atoms with Crippen molar-refractivity contribution in [3.63, 3.8) is 0 Å². The van der Waals surface area contributed by atoms with Gasteiger partial charge in [-0.25, -0.2) is 0 Å². The summed E-state index contributed by atoms with van der Waals surface area (Å²) in [6.45, 7) is 4.75. The van der Waals surface area contributed by atoms with E-state index in [4.69, 9.17) is 4.74 Å². The van der Waals surface area contributed by atoms with Gasteiger partial charge in [0.25, 0.3) is 5.91 Å². The molecule has 0 spiro atoms. The van der Waals surface area contributed by atoms with Crippen LogP contribution in [0.2, 0.25) is 0 Å². The highest BCUT2D eigenvalue weighted by atomic mass is 16.5. The Labute approximate surface area is 114 Å². The molecule has 0 radical (unpaired) electrons. The van der Waals surface area contributed by atoms with Crippen LogP contribution in [-0.2, 0) is 0 Å². The van der Waals surface area contributed by atoms with Gasteiger partial charge in [-0.3, -0.25) is 4.79 Å². The standard InChI is InChI=1S/C14H22N2O3/c1-10(2)16-8-12(17)9-19-13-6-4-11(5-7-13)14(18)15-3/h4-7,10,12,16-17H,8-9H2,1-3H3,(H,15,18). The molecule has 0 saturated carbocycles. The molecule has 5 heteroatoms. The maximum Gasteiger partial charge on any atom is 0.251 e. The van der Waals surface area contributed by atoms with E-state index >= 15 is 0 Å². The molecule has 0 aliphatic carbocycles. The van der Waals surface area contributed by atoms with Crippen LogP contribution in [0.15, 0.2) is 24.3 Å². The molecule has 19 heavy (non-hydrogen) atoms. The molecule has 0 aliphatic heterocycles. The van der Waals surface area contributed by atoms with E-state index in [-0.39, 0.29) is 12.5 Å². The minimum absolute atomic E-state index is 0.132. The zero-order valence-corrected chi connectivity index (χ0v) is 11.6. The Morgan fingerprint density at radius 1 is 1.32 bits per heavy atom. The number of aliphatic hydroxyl groups excluding tert-OH is 1. The first kappa shape index (κ1) is 15.5. The second kappa shape index (κ2) is 7.76. The molecule has 1 atom stereocenters. The fraction of sp³-hybridized carbons (Fsp3) is 0.500. The van der Waals surface area contributed by atoms with Crippen molar-refractivity contribution in [1.29, 1.82) is 0 Å². The lowest BCUT2D eigenvalue weighted by Crippen LogP contribution is -2.35. The van der Waals surface area contributed by atoms with Crippen molar-refractivity contribution in [2.45, 2.75) is 26.0 Å². The second-order valence-corrected chi connectivity index (χ2v) is 4.63. The lowest BCUT2D eigenvalue weighted by Gasteiger charge is -2.15. The molecule has 1 rings (SSSR count). The van der Waals surface area contributed by atoms with Crippen LogP contribution >= 0.6 is 0 Å². The fourth-order valence-electron chi connectivity index (χ4n) is 1.47. The lowest BCUT2D eigenvalue weighted by atomic mass is 10.2. The summed E-state index contributed by atoms with van der Waals surface area (Å²) in [7, 11) is 1.59. The third-order valence-electron chi connectivity index (χ3n) is 2.55. The van der Waals surface area contributed by atoms with Crippen LogP contribution in [0.3, 0.4) is 0 Å². The van der Waals surface area contributed by atoms with E-state index in [9.17, 15) is 9.90 Å². The minimum Gasteiger partial charge on any atom is -0.491 e. The maximum absolute atomic E-state index is 11.3. The topological polar surface area (TPSA) is 70.6 Å². The molecule has 1 aromatic rings. The number of aliphatic hydroxyl groups is 1. The number of hydrogen-bond donors (Lipinski definition) is 3. The van der Waals surface area contributed by atoms with Crippen molar-refractivity contribution in [2.75, 3.05) is 20.2 Å². The Morgan fingerprint density at radius 2 is 1.95 bits per heavy atom. The largest absolute Gasteiger partial charge is 0.491 e. The van der Waals surface area contributed by atoms with Crippen LogP contribution in [0.5, 0.6) is 5.75 Å². The Balaban J connectivity index is 2.39. The predicted octanol–water partition coefficient (Wildman–Crippen LogP) is 0.784. The Hall–Kier alpha value is -1.59. The fourth-order valence-corrected chi connectivity index (χ4v) is 1.47. The van der Waals surface area contributed by atoms with Crippen molar-refractivity contribution in [1.82, 2.24) is 10.6 Å². The van der Waals surface area contributed by atoms with Gasteiger partial charge in [-0.1, -0.05) is 13.8 Å². The van der Waals surface area contributed by atoms with Crippen LogP contribution in [0.1, 0.15) is 24.2 Å². The Morgan fingerprint density at radius 3 is 2.47 bits per heavy atom. The van der Waals surface area contributed by atoms with E-state index in [0.717, 1.165) is 0 Å². The van der Waals surface area contributed by atoms with Gasteiger partial charge in [0.1, 0.15) is 18.5 Å². The van der Waals surface area contributed by atoms with E-state index in [1.807, 2.05) is 13.8 Å². The number of carbonyl (C=O) groups is 1. The van der Waals surface area contributed by atoms with Crippen molar-refractivity contribution in [2.24, 2.45) is 0 Å². The van der Waals surface area contributed by atoms with Gasteiger partial charge >= 0.3 is 0 Å². The van der Waals surface area contributed by atoms with E-state index in [1.165, 1.54) is 0 Å². The minimum atomic E-state index is -0.555. The van der Waals surface area contributed by atoms with Gasteiger partial charge in [-0.05, 0) is 24.3 Å². The second-order valence-electron chi connectivity index (χ2n) is 4.63. The number of carbonyl (C=O) groups excluding carboxylic acids is 1. The molecule has 1 amide bonds. The summed E-state index contributed by atoms with van der Waals surface area (Å²) in [5.41, 5.74) is 0.580. The van der Waals surface area contributed by atoms with Crippen LogP contribution in [-0.4, -0.2) is 43.4 Å². The van der Waals surface area contributed by atoms with Gasteiger partial charge in [-0.15, -0.1) is 0 Å². The molecule has 1 aromatic carbocycles. The molecule has 0 bridgehead atoms. The summed E-state index contributed by atoms with van der Waals surface area (Å²) in [5, 5.41) is 15.4. The lowest BCUT2D eigenvalue weighted by molar-refractivity contribution is 0.0962. The summed E-state index contributed by atoms with van der Waals surface area (Å²) in [5.74, 6) is 0.504. The summed E-state index contributed by atoms with van der Waals surface area (Å²) in [4.78, 5) is 11.3. The first-order valence-electron chi connectivity index (χ1n) is 6.39.